The van der Waals surface area contributed by atoms with Crippen LogP contribution in [0.2, 0.25) is 0 Å². The summed E-state index contributed by atoms with van der Waals surface area (Å²) in [5, 5.41) is 14.3. The van der Waals surface area contributed by atoms with E-state index < -0.39 is 21.8 Å². The minimum atomic E-state index is -0.716. The summed E-state index contributed by atoms with van der Waals surface area (Å²) in [6.07, 6.45) is 2.78. The van der Waals surface area contributed by atoms with E-state index in [4.69, 9.17) is 9.47 Å². The zero-order valence-corrected chi connectivity index (χ0v) is 13.2. The Morgan fingerprint density at radius 1 is 1.46 bits per heavy atom. The van der Waals surface area contributed by atoms with Gasteiger partial charge in [-0.3, -0.25) is 19.3 Å². The SMILES string of the molecule is COC1(CNc2nc3ccccn3c(=O)c2[N+](=O)[O-])CCOCC1. The molecule has 2 aromatic rings. The van der Waals surface area contributed by atoms with Crippen molar-refractivity contribution in [2.45, 2.75) is 18.4 Å². The molecular formula is C15H18N4O5. The molecule has 24 heavy (non-hydrogen) atoms. The predicted octanol–water partition coefficient (Wildman–Crippen LogP) is 1.21. The van der Waals surface area contributed by atoms with Crippen molar-refractivity contribution in [1.82, 2.24) is 9.38 Å². The zero-order chi connectivity index (χ0) is 17.2. The first-order chi connectivity index (χ1) is 11.6. The van der Waals surface area contributed by atoms with Crippen molar-refractivity contribution in [2.24, 2.45) is 0 Å². The van der Waals surface area contributed by atoms with Gasteiger partial charge in [0, 0.05) is 45.9 Å². The van der Waals surface area contributed by atoms with Gasteiger partial charge >= 0.3 is 11.2 Å². The topological polar surface area (TPSA) is 108 Å². The lowest BCUT2D eigenvalue weighted by Gasteiger charge is -2.35. The number of nitrogens with zero attached hydrogens (tertiary/aromatic N) is 3. The van der Waals surface area contributed by atoms with Crippen LogP contribution in [0, 0.1) is 10.1 Å². The molecule has 0 amide bonds. The molecule has 0 aromatic carbocycles. The zero-order valence-electron chi connectivity index (χ0n) is 13.2. The van der Waals surface area contributed by atoms with E-state index in [1.807, 2.05) is 0 Å². The molecule has 0 bridgehead atoms. The summed E-state index contributed by atoms with van der Waals surface area (Å²) in [5.74, 6) is -0.0425. The van der Waals surface area contributed by atoms with Crippen LogP contribution in [0.4, 0.5) is 11.5 Å². The van der Waals surface area contributed by atoms with Gasteiger partial charge in [-0.25, -0.2) is 4.98 Å². The van der Waals surface area contributed by atoms with Crippen LogP contribution in [0.3, 0.4) is 0 Å². The number of methoxy groups -OCH3 is 1. The van der Waals surface area contributed by atoms with E-state index in [0.717, 1.165) is 4.40 Å². The Morgan fingerprint density at radius 2 is 2.21 bits per heavy atom. The van der Waals surface area contributed by atoms with Gasteiger partial charge in [-0.2, -0.15) is 0 Å². The summed E-state index contributed by atoms with van der Waals surface area (Å²) < 4.78 is 12.1. The van der Waals surface area contributed by atoms with Crippen LogP contribution < -0.4 is 10.9 Å². The van der Waals surface area contributed by atoms with Crippen LogP contribution in [0.1, 0.15) is 12.8 Å². The average Bonchev–Trinajstić information content (AvgIpc) is 2.60. The minimum Gasteiger partial charge on any atom is -0.381 e. The summed E-state index contributed by atoms with van der Waals surface area (Å²) in [5.41, 5.74) is -1.44. The van der Waals surface area contributed by atoms with Gasteiger partial charge < -0.3 is 14.8 Å². The fourth-order valence-electron chi connectivity index (χ4n) is 2.81. The van der Waals surface area contributed by atoms with Crippen LogP contribution in [-0.2, 0) is 9.47 Å². The maximum atomic E-state index is 12.4. The standard InChI is InChI=1S/C15H18N4O5/c1-23-15(5-8-24-9-6-15)10-16-13-12(19(21)22)14(20)18-7-3-2-4-11(18)17-13/h2-4,7,16H,5-6,8-10H2,1H3. The molecule has 0 unspecified atom stereocenters. The Bertz CT molecular complexity index is 813. The number of rotatable bonds is 5. The van der Waals surface area contributed by atoms with Crippen LogP contribution in [0.5, 0.6) is 0 Å². The third-order valence-corrected chi connectivity index (χ3v) is 4.31. The van der Waals surface area contributed by atoms with Gasteiger partial charge in [-0.1, -0.05) is 6.07 Å². The Kier molecular flexibility index (Phi) is 4.45. The molecule has 0 aliphatic carbocycles. The molecule has 1 saturated heterocycles. The molecule has 0 saturated carbocycles. The molecule has 0 radical (unpaired) electrons. The lowest BCUT2D eigenvalue weighted by molar-refractivity contribution is -0.385. The van der Waals surface area contributed by atoms with E-state index in [0.29, 0.717) is 38.2 Å². The average molecular weight is 334 g/mol. The van der Waals surface area contributed by atoms with Gasteiger partial charge in [0.1, 0.15) is 5.65 Å². The van der Waals surface area contributed by atoms with Crippen LogP contribution in [0.25, 0.3) is 5.65 Å². The number of ether oxygens (including phenoxy) is 2. The molecule has 0 atom stereocenters. The Hall–Kier alpha value is -2.52. The van der Waals surface area contributed by atoms with Gasteiger partial charge in [0.2, 0.25) is 5.82 Å². The Labute approximate surface area is 137 Å². The predicted molar refractivity (Wildman–Crippen MR) is 86.4 cm³/mol. The fourth-order valence-corrected chi connectivity index (χ4v) is 2.81. The number of nitrogens with one attached hydrogen (secondary N) is 1. The Balaban J connectivity index is 1.97. The first kappa shape index (κ1) is 16.3. The second-order valence-electron chi connectivity index (χ2n) is 5.65. The molecule has 9 nitrogen and oxygen atoms in total. The monoisotopic (exact) mass is 334 g/mol. The van der Waals surface area contributed by atoms with Crippen molar-refractivity contribution >= 4 is 17.2 Å². The molecule has 3 rings (SSSR count). The highest BCUT2D eigenvalue weighted by molar-refractivity contribution is 5.59. The third kappa shape index (κ3) is 2.95. The highest BCUT2D eigenvalue weighted by atomic mass is 16.6. The molecule has 1 N–H and O–H groups in total. The van der Waals surface area contributed by atoms with Crippen molar-refractivity contribution in [3.63, 3.8) is 0 Å². The summed E-state index contributed by atoms with van der Waals surface area (Å²) in [6.45, 7) is 1.43. The van der Waals surface area contributed by atoms with Gasteiger partial charge in [0.25, 0.3) is 0 Å². The van der Waals surface area contributed by atoms with Gasteiger partial charge in [0.05, 0.1) is 10.5 Å². The highest BCUT2D eigenvalue weighted by Crippen LogP contribution is 2.26. The summed E-state index contributed by atoms with van der Waals surface area (Å²) in [6, 6.07) is 4.96. The van der Waals surface area contributed by atoms with E-state index in [9.17, 15) is 14.9 Å². The van der Waals surface area contributed by atoms with Crippen molar-refractivity contribution in [1.29, 1.82) is 0 Å². The summed E-state index contributed by atoms with van der Waals surface area (Å²) in [7, 11) is 1.60. The molecule has 1 aliphatic rings. The number of hydrogen-bond donors (Lipinski definition) is 1. The third-order valence-electron chi connectivity index (χ3n) is 4.31. The Morgan fingerprint density at radius 3 is 2.88 bits per heavy atom. The fraction of sp³-hybridized carbons (Fsp3) is 0.467. The first-order valence-electron chi connectivity index (χ1n) is 7.59. The molecule has 3 heterocycles. The number of pyridine rings is 1. The number of hydrogen-bond acceptors (Lipinski definition) is 7. The van der Waals surface area contributed by atoms with Gasteiger partial charge in [0.15, 0.2) is 0 Å². The van der Waals surface area contributed by atoms with E-state index >= 15 is 0 Å². The summed E-state index contributed by atoms with van der Waals surface area (Å²) >= 11 is 0. The number of fused-ring (bicyclic) bond motifs is 1. The quantitative estimate of drug-likeness (QED) is 0.646. The smallest absolute Gasteiger partial charge is 0.376 e. The van der Waals surface area contributed by atoms with E-state index in [1.54, 1.807) is 25.3 Å². The molecular weight excluding hydrogens is 316 g/mol. The van der Waals surface area contributed by atoms with E-state index in [2.05, 4.69) is 10.3 Å². The molecule has 2 aromatic heterocycles. The minimum absolute atomic E-state index is 0.0425. The van der Waals surface area contributed by atoms with Crippen LogP contribution >= 0.6 is 0 Å². The second kappa shape index (κ2) is 6.54. The maximum Gasteiger partial charge on any atom is 0.376 e. The molecule has 1 aliphatic heterocycles. The second-order valence-corrected chi connectivity index (χ2v) is 5.65. The van der Waals surface area contributed by atoms with E-state index in [-0.39, 0.29) is 5.82 Å². The van der Waals surface area contributed by atoms with Crippen LogP contribution in [0.15, 0.2) is 29.2 Å². The summed E-state index contributed by atoms with van der Waals surface area (Å²) in [4.78, 5) is 27.3. The highest BCUT2D eigenvalue weighted by Gasteiger charge is 2.34. The van der Waals surface area contributed by atoms with Crippen molar-refractivity contribution in [2.75, 3.05) is 32.2 Å². The maximum absolute atomic E-state index is 12.4. The molecule has 128 valence electrons. The first-order valence-corrected chi connectivity index (χ1v) is 7.59. The molecule has 9 heteroatoms. The normalized spacial score (nSPS) is 16.9. The lowest BCUT2D eigenvalue weighted by atomic mass is 9.94. The van der Waals surface area contributed by atoms with Gasteiger partial charge in [-0.15, -0.1) is 0 Å². The number of aromatic nitrogens is 2. The van der Waals surface area contributed by atoms with Gasteiger partial charge in [-0.05, 0) is 12.1 Å². The van der Waals surface area contributed by atoms with E-state index in [1.165, 1.54) is 6.20 Å². The number of nitro groups is 1. The van der Waals surface area contributed by atoms with Crippen LogP contribution in [-0.4, -0.2) is 46.8 Å². The van der Waals surface area contributed by atoms with Crippen molar-refractivity contribution in [3.8, 4) is 0 Å². The number of anilines is 1. The largest absolute Gasteiger partial charge is 0.381 e. The lowest BCUT2D eigenvalue weighted by Crippen LogP contribution is -2.44. The van der Waals surface area contributed by atoms with Crippen molar-refractivity contribution in [3.05, 3.63) is 44.9 Å². The van der Waals surface area contributed by atoms with Crippen molar-refractivity contribution < 1.29 is 14.4 Å². The molecule has 0 spiro atoms. The molecule has 1 fully saturated rings.